The molecule has 10 heteroatoms. The Kier molecular flexibility index (Phi) is 9.63. The highest BCUT2D eigenvalue weighted by atomic mass is 35.5. The molecule has 0 fully saturated rings. The number of carbonyl (C=O) groups excluding carboxylic acids is 1. The van der Waals surface area contributed by atoms with Gasteiger partial charge in [-0.15, -0.1) is 0 Å². The molecule has 40 heavy (non-hydrogen) atoms. The van der Waals surface area contributed by atoms with Gasteiger partial charge in [0, 0.05) is 23.0 Å². The number of benzene rings is 2. The molecule has 4 rings (SSSR count). The van der Waals surface area contributed by atoms with Crippen molar-refractivity contribution in [2.75, 3.05) is 13.2 Å². The van der Waals surface area contributed by atoms with Crippen molar-refractivity contribution in [1.29, 1.82) is 0 Å². The van der Waals surface area contributed by atoms with Crippen molar-refractivity contribution in [3.05, 3.63) is 89.2 Å². The summed E-state index contributed by atoms with van der Waals surface area (Å²) in [6.07, 6.45) is 3.94. The second kappa shape index (κ2) is 13.1. The first-order valence-electron chi connectivity index (χ1n) is 13.3. The van der Waals surface area contributed by atoms with E-state index < -0.39 is 30.1 Å². The second-order valence-corrected chi connectivity index (χ2v) is 11.0. The van der Waals surface area contributed by atoms with Crippen LogP contribution in [0.25, 0.3) is 11.3 Å². The van der Waals surface area contributed by atoms with Gasteiger partial charge in [-0.1, -0.05) is 54.1 Å². The first-order valence-corrected chi connectivity index (χ1v) is 13.6. The third-order valence-corrected chi connectivity index (χ3v) is 6.64. The molecule has 0 bridgehead atoms. The zero-order valence-corrected chi connectivity index (χ0v) is 23.7. The van der Waals surface area contributed by atoms with Crippen LogP contribution in [0.4, 0.5) is 4.79 Å². The van der Waals surface area contributed by atoms with Gasteiger partial charge in [0.25, 0.3) is 0 Å². The fraction of sp³-hybridized carbons (Fsp3) is 0.367. The molecule has 212 valence electrons. The Labute approximate surface area is 239 Å². The van der Waals surface area contributed by atoms with Crippen LogP contribution in [0, 0.1) is 0 Å². The summed E-state index contributed by atoms with van der Waals surface area (Å²) >= 11 is 6.08. The van der Waals surface area contributed by atoms with Crippen LogP contribution in [0.2, 0.25) is 5.02 Å². The van der Waals surface area contributed by atoms with Gasteiger partial charge in [0.15, 0.2) is 0 Å². The SMILES string of the molecule is CC(C)(C)OC(=O)N(CC(O)c1cc(-c2ccc(Cl)cc2)nn1C1N=CC=CN1)C(CO)CCc1ccccc1. The van der Waals surface area contributed by atoms with Crippen LogP contribution in [0.15, 0.2) is 77.9 Å². The van der Waals surface area contributed by atoms with Crippen LogP contribution in [0.1, 0.15) is 50.8 Å². The number of aliphatic hydroxyl groups excluding tert-OH is 2. The van der Waals surface area contributed by atoms with Crippen molar-refractivity contribution in [1.82, 2.24) is 20.0 Å². The maximum atomic E-state index is 13.4. The topological polar surface area (TPSA) is 112 Å². The van der Waals surface area contributed by atoms with E-state index in [1.54, 1.807) is 62.1 Å². The number of carbonyl (C=O) groups is 1. The molecule has 0 saturated heterocycles. The normalized spacial score (nSPS) is 16.3. The minimum atomic E-state index is -1.16. The summed E-state index contributed by atoms with van der Waals surface area (Å²) in [5, 5.41) is 30.4. The van der Waals surface area contributed by atoms with E-state index in [1.165, 1.54) is 4.90 Å². The number of allylic oxidation sites excluding steroid dienone is 1. The molecule has 0 aliphatic carbocycles. The summed E-state index contributed by atoms with van der Waals surface area (Å²) in [6, 6.07) is 18.3. The highest BCUT2D eigenvalue weighted by molar-refractivity contribution is 6.30. The number of hydrogen-bond donors (Lipinski definition) is 3. The molecule has 1 amide bonds. The molecule has 3 N–H and O–H groups in total. The Balaban J connectivity index is 1.64. The van der Waals surface area contributed by atoms with Gasteiger partial charge in [0.1, 0.15) is 11.7 Å². The highest BCUT2D eigenvalue weighted by Crippen LogP contribution is 2.28. The predicted molar refractivity (Wildman–Crippen MR) is 156 cm³/mol. The van der Waals surface area contributed by atoms with Crippen LogP contribution in [-0.2, 0) is 11.2 Å². The minimum absolute atomic E-state index is 0.118. The summed E-state index contributed by atoms with van der Waals surface area (Å²) in [6.45, 7) is 4.95. The average Bonchev–Trinajstić information content (AvgIpc) is 3.39. The van der Waals surface area contributed by atoms with Crippen LogP contribution in [0.5, 0.6) is 0 Å². The summed E-state index contributed by atoms with van der Waals surface area (Å²) in [5.41, 5.74) is 2.21. The number of ether oxygens (including phenoxy) is 1. The van der Waals surface area contributed by atoms with Gasteiger partial charge in [0.2, 0.25) is 6.29 Å². The van der Waals surface area contributed by atoms with Crippen molar-refractivity contribution in [3.63, 3.8) is 0 Å². The number of aliphatic hydroxyl groups is 2. The molecule has 3 atom stereocenters. The van der Waals surface area contributed by atoms with Gasteiger partial charge < -0.3 is 20.3 Å². The molecule has 1 aromatic heterocycles. The van der Waals surface area contributed by atoms with Gasteiger partial charge >= 0.3 is 6.09 Å². The Bertz CT molecular complexity index is 1320. The zero-order valence-electron chi connectivity index (χ0n) is 22.9. The van der Waals surface area contributed by atoms with Crippen molar-refractivity contribution in [2.24, 2.45) is 4.99 Å². The smallest absolute Gasteiger partial charge is 0.410 e. The molecule has 2 heterocycles. The van der Waals surface area contributed by atoms with Gasteiger partial charge in [-0.2, -0.15) is 5.10 Å². The number of aromatic nitrogens is 2. The van der Waals surface area contributed by atoms with Gasteiger partial charge in [-0.3, -0.25) is 4.90 Å². The highest BCUT2D eigenvalue weighted by Gasteiger charge is 2.32. The quantitative estimate of drug-likeness (QED) is 0.315. The molecular formula is C30H36ClN5O4. The summed E-state index contributed by atoms with van der Waals surface area (Å²) in [5.74, 6) is 0. The van der Waals surface area contributed by atoms with E-state index in [9.17, 15) is 15.0 Å². The molecular weight excluding hydrogens is 530 g/mol. The molecule has 0 radical (unpaired) electrons. The number of nitrogens with zero attached hydrogens (tertiary/aromatic N) is 4. The van der Waals surface area contributed by atoms with E-state index in [-0.39, 0.29) is 13.2 Å². The fourth-order valence-corrected chi connectivity index (χ4v) is 4.53. The van der Waals surface area contributed by atoms with Crippen molar-refractivity contribution >= 4 is 23.9 Å². The monoisotopic (exact) mass is 565 g/mol. The van der Waals surface area contributed by atoms with Crippen molar-refractivity contribution in [2.45, 2.75) is 57.6 Å². The molecule has 2 aromatic carbocycles. The lowest BCUT2D eigenvalue weighted by atomic mass is 10.0. The first kappa shape index (κ1) is 29.3. The first-order chi connectivity index (χ1) is 19.1. The van der Waals surface area contributed by atoms with Crippen LogP contribution in [-0.4, -0.2) is 62.0 Å². The average molecular weight is 566 g/mol. The lowest BCUT2D eigenvalue weighted by Crippen LogP contribution is -2.47. The van der Waals surface area contributed by atoms with E-state index in [0.717, 1.165) is 11.1 Å². The minimum Gasteiger partial charge on any atom is -0.444 e. The molecule has 1 aliphatic heterocycles. The van der Waals surface area contributed by atoms with Gasteiger partial charge in [0.05, 0.1) is 30.6 Å². The number of aliphatic imine (C=N–C) groups is 1. The Morgan fingerprint density at radius 2 is 1.90 bits per heavy atom. The number of amides is 1. The van der Waals surface area contributed by atoms with E-state index in [1.807, 2.05) is 42.5 Å². The Morgan fingerprint density at radius 3 is 2.52 bits per heavy atom. The van der Waals surface area contributed by atoms with Crippen LogP contribution < -0.4 is 5.32 Å². The van der Waals surface area contributed by atoms with E-state index in [4.69, 9.17) is 21.4 Å². The third kappa shape index (κ3) is 7.71. The molecule has 3 unspecified atom stereocenters. The summed E-state index contributed by atoms with van der Waals surface area (Å²) in [4.78, 5) is 19.2. The number of hydrogen-bond acceptors (Lipinski definition) is 7. The zero-order chi connectivity index (χ0) is 28.7. The molecule has 0 saturated carbocycles. The van der Waals surface area contributed by atoms with Crippen LogP contribution in [0.3, 0.4) is 0 Å². The lowest BCUT2D eigenvalue weighted by Gasteiger charge is -2.34. The Hall–Kier alpha value is -3.66. The number of halogens is 1. The maximum Gasteiger partial charge on any atom is 0.410 e. The van der Waals surface area contributed by atoms with Gasteiger partial charge in [-0.05, 0) is 63.5 Å². The van der Waals surface area contributed by atoms with E-state index in [2.05, 4.69) is 10.3 Å². The number of aryl methyl sites for hydroxylation is 1. The van der Waals surface area contributed by atoms with E-state index in [0.29, 0.717) is 29.3 Å². The summed E-state index contributed by atoms with van der Waals surface area (Å²) in [7, 11) is 0. The standard InChI is InChI=1S/C30H36ClN5O4/c1-30(2,3)40-29(39)35(24(20-37)15-10-21-8-5-4-6-9-21)19-27(38)26-18-25(22-11-13-23(31)14-12-22)34-36(26)28-32-16-7-17-33-28/h4-9,11-14,16-18,24,27-28,32,37-38H,10,15,19-20H2,1-3H3. The molecule has 1 aliphatic rings. The maximum absolute atomic E-state index is 13.4. The van der Waals surface area contributed by atoms with Gasteiger partial charge in [-0.25, -0.2) is 14.5 Å². The Morgan fingerprint density at radius 1 is 1.18 bits per heavy atom. The molecule has 9 nitrogen and oxygen atoms in total. The lowest BCUT2D eigenvalue weighted by molar-refractivity contribution is -0.00609. The number of rotatable bonds is 10. The third-order valence-electron chi connectivity index (χ3n) is 6.39. The van der Waals surface area contributed by atoms with Crippen LogP contribution >= 0.6 is 11.6 Å². The summed E-state index contributed by atoms with van der Waals surface area (Å²) < 4.78 is 7.29. The second-order valence-electron chi connectivity index (χ2n) is 10.6. The molecule has 0 spiro atoms. The fourth-order valence-electron chi connectivity index (χ4n) is 4.40. The molecule has 3 aromatic rings. The largest absolute Gasteiger partial charge is 0.444 e. The predicted octanol–water partition coefficient (Wildman–Crippen LogP) is 5.11. The van der Waals surface area contributed by atoms with Crippen molar-refractivity contribution < 1.29 is 19.7 Å². The number of nitrogens with one attached hydrogen (secondary N) is 1. The van der Waals surface area contributed by atoms with Crippen molar-refractivity contribution in [3.8, 4) is 11.3 Å². The van der Waals surface area contributed by atoms with E-state index >= 15 is 0 Å².